The zero-order valence-corrected chi connectivity index (χ0v) is 17.5. The highest BCUT2D eigenvalue weighted by Gasteiger charge is 2.28. The van der Waals surface area contributed by atoms with Gasteiger partial charge in [0.05, 0.1) is 0 Å². The molecule has 1 unspecified atom stereocenters. The summed E-state index contributed by atoms with van der Waals surface area (Å²) in [6.45, 7) is 6.69. The van der Waals surface area contributed by atoms with Crippen molar-refractivity contribution in [1.29, 1.82) is 0 Å². The van der Waals surface area contributed by atoms with Crippen molar-refractivity contribution >= 4 is 28.9 Å². The number of hydrogen-bond donors (Lipinski definition) is 0. The van der Waals surface area contributed by atoms with E-state index < -0.39 is 0 Å². The predicted octanol–water partition coefficient (Wildman–Crippen LogP) is 7.05. The third kappa shape index (κ3) is 7.53. The van der Waals surface area contributed by atoms with Gasteiger partial charge in [0.2, 0.25) is 0 Å². The van der Waals surface area contributed by atoms with Crippen LogP contribution in [0, 0.1) is 17.3 Å². The summed E-state index contributed by atoms with van der Waals surface area (Å²) in [4.78, 5) is 13.7. The Balaban J connectivity index is 1.90. The SMILES string of the molecule is CC(C)(C)C(CC(=O)/C=C/c1ccccc1)CC(=S)CC1CCCCC1. The van der Waals surface area contributed by atoms with E-state index in [1.54, 1.807) is 6.08 Å². The van der Waals surface area contributed by atoms with Crippen LogP contribution in [0.2, 0.25) is 0 Å². The molecule has 0 heterocycles. The number of hydrogen-bond acceptors (Lipinski definition) is 2. The van der Waals surface area contributed by atoms with Gasteiger partial charge in [0.1, 0.15) is 0 Å². The first-order valence-electron chi connectivity index (χ1n) is 10.1. The van der Waals surface area contributed by atoms with E-state index in [1.807, 2.05) is 36.4 Å². The maximum absolute atomic E-state index is 12.5. The van der Waals surface area contributed by atoms with Crippen molar-refractivity contribution in [1.82, 2.24) is 0 Å². The summed E-state index contributed by atoms with van der Waals surface area (Å²) < 4.78 is 0. The van der Waals surface area contributed by atoms with E-state index in [9.17, 15) is 4.79 Å². The summed E-state index contributed by atoms with van der Waals surface area (Å²) in [5, 5.41) is 0. The molecule has 1 aromatic carbocycles. The lowest BCUT2D eigenvalue weighted by Gasteiger charge is -2.31. The van der Waals surface area contributed by atoms with Crippen molar-refractivity contribution in [2.45, 2.75) is 72.1 Å². The number of carbonyl (C=O) groups excluding carboxylic acids is 1. The van der Waals surface area contributed by atoms with Crippen molar-refractivity contribution in [3.63, 3.8) is 0 Å². The van der Waals surface area contributed by atoms with E-state index in [4.69, 9.17) is 12.2 Å². The lowest BCUT2D eigenvalue weighted by atomic mass is 9.74. The minimum Gasteiger partial charge on any atom is -0.295 e. The van der Waals surface area contributed by atoms with Gasteiger partial charge in [-0.3, -0.25) is 4.79 Å². The first-order valence-corrected chi connectivity index (χ1v) is 10.5. The number of carbonyl (C=O) groups is 1. The van der Waals surface area contributed by atoms with Crippen LogP contribution in [0.4, 0.5) is 0 Å². The quantitative estimate of drug-likeness (QED) is 0.360. The molecule has 2 heteroatoms. The molecular weight excluding hydrogens is 336 g/mol. The van der Waals surface area contributed by atoms with Crippen molar-refractivity contribution in [2.75, 3.05) is 0 Å². The number of ketones is 1. The van der Waals surface area contributed by atoms with Gasteiger partial charge in [-0.25, -0.2) is 0 Å². The van der Waals surface area contributed by atoms with Gasteiger partial charge in [-0.05, 0) is 46.6 Å². The van der Waals surface area contributed by atoms with Gasteiger partial charge >= 0.3 is 0 Å². The van der Waals surface area contributed by atoms with Gasteiger partial charge in [0, 0.05) is 6.42 Å². The van der Waals surface area contributed by atoms with Crippen LogP contribution in [0.5, 0.6) is 0 Å². The monoisotopic (exact) mass is 370 g/mol. The van der Waals surface area contributed by atoms with Crippen LogP contribution in [0.25, 0.3) is 6.08 Å². The summed E-state index contributed by atoms with van der Waals surface area (Å²) in [6.07, 6.45) is 13.0. The standard InChI is InChI=1S/C24H34OS/c1-24(2,3)21(18-23(26)16-20-12-8-5-9-13-20)17-22(25)15-14-19-10-6-4-7-11-19/h4,6-7,10-11,14-15,20-21H,5,8-9,12-13,16-18H2,1-3H3/b15-14+. The number of allylic oxidation sites excluding steroid dienone is 1. The molecule has 1 aliphatic carbocycles. The molecule has 26 heavy (non-hydrogen) atoms. The summed E-state index contributed by atoms with van der Waals surface area (Å²) in [7, 11) is 0. The molecule has 0 radical (unpaired) electrons. The molecule has 1 fully saturated rings. The van der Waals surface area contributed by atoms with Crippen LogP contribution in [-0.4, -0.2) is 10.6 Å². The van der Waals surface area contributed by atoms with E-state index >= 15 is 0 Å². The van der Waals surface area contributed by atoms with Crippen LogP contribution < -0.4 is 0 Å². The molecule has 1 nitrogen and oxygen atoms in total. The Morgan fingerprint density at radius 1 is 1.12 bits per heavy atom. The van der Waals surface area contributed by atoms with Crippen LogP contribution in [0.1, 0.15) is 77.7 Å². The number of rotatable bonds is 8. The maximum Gasteiger partial charge on any atom is 0.156 e. The molecule has 0 aromatic heterocycles. The maximum atomic E-state index is 12.5. The average Bonchev–Trinajstić information content (AvgIpc) is 2.60. The third-order valence-corrected chi connectivity index (χ3v) is 5.98. The average molecular weight is 371 g/mol. The van der Waals surface area contributed by atoms with Crippen LogP contribution in [-0.2, 0) is 4.79 Å². The van der Waals surface area contributed by atoms with E-state index in [2.05, 4.69) is 20.8 Å². The number of benzene rings is 1. The zero-order chi connectivity index (χ0) is 19.0. The van der Waals surface area contributed by atoms with E-state index in [-0.39, 0.29) is 11.2 Å². The summed E-state index contributed by atoms with van der Waals surface area (Å²) >= 11 is 5.74. The van der Waals surface area contributed by atoms with E-state index in [1.165, 1.54) is 37.0 Å². The summed E-state index contributed by atoms with van der Waals surface area (Å²) in [5.41, 5.74) is 1.16. The first kappa shape index (κ1) is 21.0. The molecule has 0 bridgehead atoms. The zero-order valence-electron chi connectivity index (χ0n) is 16.7. The first-order chi connectivity index (χ1) is 12.3. The molecule has 2 rings (SSSR count). The highest BCUT2D eigenvalue weighted by Crippen LogP contribution is 2.34. The van der Waals surface area contributed by atoms with E-state index in [0.29, 0.717) is 12.3 Å². The molecule has 0 amide bonds. The Hall–Kier alpha value is -1.28. The molecule has 1 saturated carbocycles. The van der Waals surface area contributed by atoms with Crippen molar-refractivity contribution in [3.8, 4) is 0 Å². The van der Waals surface area contributed by atoms with Crippen LogP contribution in [0.15, 0.2) is 36.4 Å². The Morgan fingerprint density at radius 3 is 2.38 bits per heavy atom. The molecule has 0 spiro atoms. The lowest BCUT2D eigenvalue weighted by molar-refractivity contribution is -0.116. The molecule has 0 N–H and O–H groups in total. The highest BCUT2D eigenvalue weighted by molar-refractivity contribution is 7.80. The third-order valence-electron chi connectivity index (χ3n) is 5.65. The second kappa shape index (κ2) is 10.2. The molecule has 1 atom stereocenters. The largest absolute Gasteiger partial charge is 0.295 e. The van der Waals surface area contributed by atoms with Crippen molar-refractivity contribution in [3.05, 3.63) is 42.0 Å². The van der Waals surface area contributed by atoms with Gasteiger partial charge in [-0.1, -0.05) is 102 Å². The van der Waals surface area contributed by atoms with Crippen LogP contribution in [0.3, 0.4) is 0 Å². The Kier molecular flexibility index (Phi) is 8.21. The summed E-state index contributed by atoms with van der Waals surface area (Å²) in [6, 6.07) is 10.0. The molecule has 1 aromatic rings. The lowest BCUT2D eigenvalue weighted by Crippen LogP contribution is -2.26. The van der Waals surface area contributed by atoms with Gasteiger partial charge in [-0.15, -0.1) is 0 Å². The Bertz CT molecular complexity index is 603. The molecule has 0 aliphatic heterocycles. The molecular formula is C24H34OS. The molecule has 142 valence electrons. The second-order valence-corrected chi connectivity index (χ2v) is 9.51. The van der Waals surface area contributed by atoms with Crippen LogP contribution >= 0.6 is 12.2 Å². The van der Waals surface area contributed by atoms with Gasteiger partial charge < -0.3 is 0 Å². The van der Waals surface area contributed by atoms with Gasteiger partial charge in [0.15, 0.2) is 5.78 Å². The Morgan fingerprint density at radius 2 is 1.77 bits per heavy atom. The minimum absolute atomic E-state index is 0.0902. The second-order valence-electron chi connectivity index (χ2n) is 8.93. The molecule has 1 aliphatic rings. The fraction of sp³-hybridized carbons (Fsp3) is 0.583. The van der Waals surface area contributed by atoms with Gasteiger partial charge in [0.25, 0.3) is 0 Å². The topological polar surface area (TPSA) is 17.1 Å². The fourth-order valence-corrected chi connectivity index (χ4v) is 4.26. The summed E-state index contributed by atoms with van der Waals surface area (Å²) in [5.74, 6) is 1.30. The normalized spacial score (nSPS) is 17.3. The smallest absolute Gasteiger partial charge is 0.156 e. The molecule has 0 saturated heterocycles. The number of thiocarbonyl (C=S) groups is 1. The van der Waals surface area contributed by atoms with Crippen molar-refractivity contribution in [2.24, 2.45) is 17.3 Å². The van der Waals surface area contributed by atoms with Gasteiger partial charge in [-0.2, -0.15) is 0 Å². The Labute approximate surface area is 165 Å². The van der Waals surface area contributed by atoms with E-state index in [0.717, 1.165) is 24.3 Å². The fourth-order valence-electron chi connectivity index (χ4n) is 3.82. The predicted molar refractivity (Wildman–Crippen MR) is 116 cm³/mol. The van der Waals surface area contributed by atoms with Crippen molar-refractivity contribution < 1.29 is 4.79 Å². The minimum atomic E-state index is 0.0902. The highest BCUT2D eigenvalue weighted by atomic mass is 32.1.